The number of ketones is 1. The standard InChI is InChI=1S/C25H28N4O4S2/c30-21(24-28-27-23(35-24)19-11-12-19)6-2-1-3-13-26-22(31)18-9-7-17(8-10-18)15-29(25(32)33)16-20-5-4-14-34-20/h4-5,7-10,14,19H,1-3,6,11-13,15-16H2,(H,26,31)(H,32,33). The predicted octanol–water partition coefficient (Wildman–Crippen LogP) is 5.33. The van der Waals surface area contributed by atoms with Gasteiger partial charge in [-0.05, 0) is 54.8 Å². The van der Waals surface area contributed by atoms with Crippen molar-refractivity contribution in [2.24, 2.45) is 0 Å². The zero-order chi connectivity index (χ0) is 24.6. The van der Waals surface area contributed by atoms with Gasteiger partial charge in [0.25, 0.3) is 5.91 Å². The highest BCUT2D eigenvalue weighted by Gasteiger charge is 2.28. The second-order valence-corrected chi connectivity index (χ2v) is 10.7. The molecule has 8 nitrogen and oxygen atoms in total. The van der Waals surface area contributed by atoms with Crippen molar-refractivity contribution in [2.45, 2.75) is 57.5 Å². The largest absolute Gasteiger partial charge is 0.465 e. The summed E-state index contributed by atoms with van der Waals surface area (Å²) in [5, 5.41) is 24.0. The fraction of sp³-hybridized carbons (Fsp3) is 0.400. The molecule has 10 heteroatoms. The van der Waals surface area contributed by atoms with Crippen molar-refractivity contribution >= 4 is 40.5 Å². The van der Waals surface area contributed by atoms with E-state index < -0.39 is 6.09 Å². The van der Waals surface area contributed by atoms with Crippen LogP contribution >= 0.6 is 22.7 Å². The molecule has 1 fully saturated rings. The highest BCUT2D eigenvalue weighted by atomic mass is 32.1. The maximum Gasteiger partial charge on any atom is 0.407 e. The van der Waals surface area contributed by atoms with Gasteiger partial charge in [-0.1, -0.05) is 36.0 Å². The summed E-state index contributed by atoms with van der Waals surface area (Å²) in [6.45, 7) is 1.13. The van der Waals surface area contributed by atoms with Crippen LogP contribution in [0.5, 0.6) is 0 Å². The summed E-state index contributed by atoms with van der Waals surface area (Å²) in [5.74, 6) is 0.405. The Bertz CT molecular complexity index is 1140. The molecule has 1 aromatic carbocycles. The maximum absolute atomic E-state index is 12.4. The predicted molar refractivity (Wildman–Crippen MR) is 135 cm³/mol. The monoisotopic (exact) mass is 512 g/mol. The maximum atomic E-state index is 12.4. The van der Waals surface area contributed by atoms with E-state index in [4.69, 9.17) is 0 Å². The average molecular weight is 513 g/mol. The molecule has 2 heterocycles. The Kier molecular flexibility index (Phi) is 8.59. The molecule has 0 spiro atoms. The van der Waals surface area contributed by atoms with Gasteiger partial charge >= 0.3 is 6.09 Å². The van der Waals surface area contributed by atoms with E-state index in [0.29, 0.717) is 36.0 Å². The Morgan fingerprint density at radius 3 is 2.51 bits per heavy atom. The molecule has 2 aromatic heterocycles. The summed E-state index contributed by atoms with van der Waals surface area (Å²) >= 11 is 2.95. The molecule has 35 heavy (non-hydrogen) atoms. The van der Waals surface area contributed by atoms with Crippen molar-refractivity contribution < 1.29 is 19.5 Å². The van der Waals surface area contributed by atoms with Gasteiger partial charge < -0.3 is 10.4 Å². The van der Waals surface area contributed by atoms with Crippen LogP contribution < -0.4 is 5.32 Å². The van der Waals surface area contributed by atoms with Crippen LogP contribution in [0.4, 0.5) is 4.79 Å². The first kappa shape index (κ1) is 25.0. The normalized spacial score (nSPS) is 12.9. The van der Waals surface area contributed by atoms with Gasteiger partial charge in [0.2, 0.25) is 0 Å². The van der Waals surface area contributed by atoms with Crippen LogP contribution in [0.1, 0.15) is 80.1 Å². The molecular weight excluding hydrogens is 484 g/mol. The van der Waals surface area contributed by atoms with Crippen LogP contribution in [0.15, 0.2) is 41.8 Å². The first-order valence-corrected chi connectivity index (χ1v) is 13.4. The SMILES string of the molecule is O=C(NCCCCCC(=O)c1nnc(C2CC2)s1)c1ccc(CN(Cc2cccs2)C(=O)O)cc1. The number of carboxylic acid groups (broad SMARTS) is 1. The Balaban J connectivity index is 1.14. The number of amides is 2. The van der Waals surface area contributed by atoms with Gasteiger partial charge in [0, 0.05) is 35.9 Å². The molecule has 0 atom stereocenters. The first-order chi connectivity index (χ1) is 17.0. The molecule has 0 aliphatic heterocycles. The minimum atomic E-state index is -0.978. The number of unbranched alkanes of at least 4 members (excludes halogenated alkanes) is 2. The van der Waals surface area contributed by atoms with Gasteiger partial charge in [-0.3, -0.25) is 14.5 Å². The molecule has 0 saturated heterocycles. The van der Waals surface area contributed by atoms with Gasteiger partial charge in [-0.15, -0.1) is 21.5 Å². The summed E-state index contributed by atoms with van der Waals surface area (Å²) < 4.78 is 0. The molecule has 1 aliphatic carbocycles. The third kappa shape index (κ3) is 7.43. The smallest absolute Gasteiger partial charge is 0.407 e. The van der Waals surface area contributed by atoms with Gasteiger partial charge in [-0.25, -0.2) is 4.79 Å². The first-order valence-electron chi connectivity index (χ1n) is 11.7. The molecular formula is C25H28N4O4S2. The molecule has 0 bridgehead atoms. The third-order valence-electron chi connectivity index (χ3n) is 5.76. The Labute approximate surface area is 212 Å². The van der Waals surface area contributed by atoms with E-state index >= 15 is 0 Å². The Morgan fingerprint density at radius 1 is 1.03 bits per heavy atom. The second-order valence-electron chi connectivity index (χ2n) is 8.62. The van der Waals surface area contributed by atoms with Crippen LogP contribution in [0, 0.1) is 0 Å². The lowest BCUT2D eigenvalue weighted by atomic mass is 10.1. The number of Topliss-reactive ketones (excluding diaryl/α,β-unsaturated/α-hetero) is 1. The molecule has 1 aliphatic rings. The number of nitrogens with zero attached hydrogens (tertiary/aromatic N) is 3. The lowest BCUT2D eigenvalue weighted by molar-refractivity contribution is 0.0947. The summed E-state index contributed by atoms with van der Waals surface area (Å²) in [5.41, 5.74) is 1.36. The number of benzene rings is 1. The number of hydrogen-bond donors (Lipinski definition) is 2. The third-order valence-corrected chi connectivity index (χ3v) is 7.75. The van der Waals surface area contributed by atoms with Crippen LogP contribution in [0.3, 0.4) is 0 Å². The van der Waals surface area contributed by atoms with E-state index in [1.807, 2.05) is 17.5 Å². The van der Waals surface area contributed by atoms with Gasteiger partial charge in [-0.2, -0.15) is 0 Å². The number of nitrogens with one attached hydrogen (secondary N) is 1. The highest BCUT2D eigenvalue weighted by Crippen LogP contribution is 2.41. The second kappa shape index (κ2) is 12.0. The minimum absolute atomic E-state index is 0.0513. The summed E-state index contributed by atoms with van der Waals surface area (Å²) in [4.78, 5) is 38.6. The van der Waals surface area contributed by atoms with E-state index in [2.05, 4.69) is 15.5 Å². The summed E-state index contributed by atoms with van der Waals surface area (Å²) in [7, 11) is 0. The molecule has 3 aromatic rings. The van der Waals surface area contributed by atoms with Crippen molar-refractivity contribution in [1.82, 2.24) is 20.4 Å². The number of hydrogen-bond acceptors (Lipinski definition) is 7. The lowest BCUT2D eigenvalue weighted by Gasteiger charge is -2.18. The molecule has 4 rings (SSSR count). The van der Waals surface area contributed by atoms with E-state index in [0.717, 1.165) is 47.6 Å². The number of aromatic nitrogens is 2. The minimum Gasteiger partial charge on any atom is -0.465 e. The zero-order valence-electron chi connectivity index (χ0n) is 19.3. The van der Waals surface area contributed by atoms with Crippen molar-refractivity contribution in [3.8, 4) is 0 Å². The fourth-order valence-corrected chi connectivity index (χ4v) is 5.30. The van der Waals surface area contributed by atoms with Crippen LogP contribution in [0.2, 0.25) is 0 Å². The van der Waals surface area contributed by atoms with Gasteiger partial charge in [0.1, 0.15) is 5.01 Å². The highest BCUT2D eigenvalue weighted by molar-refractivity contribution is 7.13. The zero-order valence-corrected chi connectivity index (χ0v) is 20.9. The van der Waals surface area contributed by atoms with E-state index in [-0.39, 0.29) is 18.2 Å². The average Bonchev–Trinajstić information content (AvgIpc) is 3.35. The quantitative estimate of drug-likeness (QED) is 0.236. The Morgan fingerprint density at radius 2 is 1.83 bits per heavy atom. The number of carbonyl (C=O) groups excluding carboxylic acids is 2. The fourth-order valence-electron chi connectivity index (χ4n) is 3.60. The summed E-state index contributed by atoms with van der Waals surface area (Å²) in [6.07, 6.45) is 4.16. The van der Waals surface area contributed by atoms with Crippen molar-refractivity contribution in [3.05, 3.63) is 67.8 Å². The number of thiophene rings is 1. The van der Waals surface area contributed by atoms with Crippen molar-refractivity contribution in [1.29, 1.82) is 0 Å². The van der Waals surface area contributed by atoms with Gasteiger partial charge in [0.15, 0.2) is 10.8 Å². The van der Waals surface area contributed by atoms with E-state index in [1.165, 1.54) is 27.6 Å². The van der Waals surface area contributed by atoms with E-state index in [1.54, 1.807) is 24.3 Å². The van der Waals surface area contributed by atoms with Crippen LogP contribution in [-0.2, 0) is 13.1 Å². The van der Waals surface area contributed by atoms with Gasteiger partial charge in [0.05, 0.1) is 6.54 Å². The molecule has 184 valence electrons. The summed E-state index contributed by atoms with van der Waals surface area (Å²) in [6, 6.07) is 10.8. The van der Waals surface area contributed by atoms with E-state index in [9.17, 15) is 19.5 Å². The number of rotatable bonds is 13. The molecule has 0 radical (unpaired) electrons. The molecule has 2 N–H and O–H groups in total. The molecule has 1 saturated carbocycles. The topological polar surface area (TPSA) is 112 Å². The van der Waals surface area contributed by atoms with Crippen LogP contribution in [0.25, 0.3) is 0 Å². The molecule has 2 amide bonds. The number of carbonyl (C=O) groups is 3. The Hall–Kier alpha value is -3.11. The van der Waals surface area contributed by atoms with Crippen molar-refractivity contribution in [2.75, 3.05) is 6.54 Å². The van der Waals surface area contributed by atoms with Crippen LogP contribution in [-0.4, -0.2) is 44.5 Å². The molecule has 0 unspecified atom stereocenters. The lowest BCUT2D eigenvalue weighted by Crippen LogP contribution is -2.28. The van der Waals surface area contributed by atoms with Crippen molar-refractivity contribution in [3.63, 3.8) is 0 Å².